The zero-order valence-electron chi connectivity index (χ0n) is 29.1. The number of aromatic nitrogens is 3. The van der Waals surface area contributed by atoms with E-state index in [0.717, 1.165) is 33.8 Å². The van der Waals surface area contributed by atoms with Gasteiger partial charge in [-0.15, -0.1) is 0 Å². The van der Waals surface area contributed by atoms with Gasteiger partial charge in [0.25, 0.3) is 0 Å². The van der Waals surface area contributed by atoms with Crippen LogP contribution in [-0.2, 0) is 0 Å². The smallest absolute Gasteiger partial charge is 0.160 e. The van der Waals surface area contributed by atoms with E-state index in [1.807, 2.05) is 36.0 Å². The van der Waals surface area contributed by atoms with Gasteiger partial charge < -0.3 is 4.57 Å². The SMILES string of the molecule is c1ccc(-c2cc(-c3cccc(-n4c5ccccc5c5cc(-c6ccc7c(c6)-c6cccc8cccc(c68)S7)ccc54)c3)nc(-c3ccccc3)n2)cc1. The third-order valence-corrected chi connectivity index (χ3v) is 11.7. The Labute approximate surface area is 317 Å². The minimum atomic E-state index is 0.711. The molecule has 4 heteroatoms. The number of para-hydroxylation sites is 1. The first-order valence-corrected chi connectivity index (χ1v) is 19.1. The van der Waals surface area contributed by atoms with Gasteiger partial charge in [-0.25, -0.2) is 9.97 Å². The summed E-state index contributed by atoms with van der Waals surface area (Å²) >= 11 is 1.87. The van der Waals surface area contributed by atoms with E-state index in [1.54, 1.807) is 0 Å². The maximum absolute atomic E-state index is 5.13. The minimum absolute atomic E-state index is 0.711. The molecular formula is C50H31N3S. The Hall–Kier alpha value is -6.75. The Morgan fingerprint density at radius 1 is 0.389 bits per heavy atom. The molecule has 0 amide bonds. The summed E-state index contributed by atoms with van der Waals surface area (Å²) in [5, 5.41) is 5.10. The molecule has 0 fully saturated rings. The highest BCUT2D eigenvalue weighted by atomic mass is 32.2. The highest BCUT2D eigenvalue weighted by Crippen LogP contribution is 2.49. The number of hydrogen-bond acceptors (Lipinski definition) is 3. The summed E-state index contributed by atoms with van der Waals surface area (Å²) in [6.45, 7) is 0. The van der Waals surface area contributed by atoms with E-state index in [4.69, 9.17) is 9.97 Å². The highest BCUT2D eigenvalue weighted by molar-refractivity contribution is 7.99. The fraction of sp³-hybridized carbons (Fsp3) is 0. The van der Waals surface area contributed by atoms with Crippen LogP contribution in [0.4, 0.5) is 0 Å². The topological polar surface area (TPSA) is 30.7 Å². The molecule has 0 saturated heterocycles. The van der Waals surface area contributed by atoms with Crippen LogP contribution in [0.15, 0.2) is 198 Å². The van der Waals surface area contributed by atoms with Crippen LogP contribution in [0.1, 0.15) is 0 Å². The van der Waals surface area contributed by atoms with Gasteiger partial charge in [0, 0.05) is 48.3 Å². The lowest BCUT2D eigenvalue weighted by atomic mass is 9.94. The van der Waals surface area contributed by atoms with E-state index in [9.17, 15) is 0 Å². The van der Waals surface area contributed by atoms with E-state index in [2.05, 4.69) is 168 Å². The molecule has 0 unspecified atom stereocenters. The van der Waals surface area contributed by atoms with E-state index >= 15 is 0 Å². The first kappa shape index (κ1) is 30.8. The minimum Gasteiger partial charge on any atom is -0.309 e. The molecule has 3 nitrogen and oxygen atoms in total. The van der Waals surface area contributed by atoms with Crippen molar-refractivity contribution in [3.63, 3.8) is 0 Å². The van der Waals surface area contributed by atoms with Gasteiger partial charge in [-0.1, -0.05) is 145 Å². The molecule has 0 aliphatic carbocycles. The van der Waals surface area contributed by atoms with Crippen molar-refractivity contribution in [2.45, 2.75) is 9.79 Å². The first-order valence-electron chi connectivity index (χ1n) is 18.2. The van der Waals surface area contributed by atoms with Crippen LogP contribution in [0.3, 0.4) is 0 Å². The third kappa shape index (κ3) is 5.07. The Balaban J connectivity index is 1.04. The summed E-state index contributed by atoms with van der Waals surface area (Å²) in [5.74, 6) is 0.711. The van der Waals surface area contributed by atoms with Crippen molar-refractivity contribution >= 4 is 44.3 Å². The molecule has 1 aliphatic rings. The molecule has 0 N–H and O–H groups in total. The monoisotopic (exact) mass is 705 g/mol. The van der Waals surface area contributed by atoms with Crippen LogP contribution in [0.2, 0.25) is 0 Å². The first-order chi connectivity index (χ1) is 26.7. The molecule has 1 aliphatic heterocycles. The van der Waals surface area contributed by atoms with Crippen LogP contribution in [0, 0.1) is 0 Å². The molecule has 0 spiro atoms. The van der Waals surface area contributed by atoms with E-state index in [-0.39, 0.29) is 0 Å². The summed E-state index contributed by atoms with van der Waals surface area (Å²) in [5.41, 5.74) is 13.3. The van der Waals surface area contributed by atoms with Gasteiger partial charge in [0.15, 0.2) is 5.82 Å². The van der Waals surface area contributed by atoms with Crippen molar-refractivity contribution in [2.75, 3.05) is 0 Å². The molecule has 2 aromatic heterocycles. The fourth-order valence-corrected chi connectivity index (χ4v) is 9.18. The zero-order valence-corrected chi connectivity index (χ0v) is 30.0. The van der Waals surface area contributed by atoms with Crippen LogP contribution >= 0.6 is 11.8 Å². The predicted molar refractivity (Wildman–Crippen MR) is 225 cm³/mol. The summed E-state index contributed by atoms with van der Waals surface area (Å²) < 4.78 is 2.39. The van der Waals surface area contributed by atoms with Crippen molar-refractivity contribution in [3.8, 4) is 61.8 Å². The molecule has 252 valence electrons. The fourth-order valence-electron chi connectivity index (χ4n) is 8.05. The standard InChI is InChI=1S/C50H31N3S/c1-3-12-32(13-4-1)43-31-44(52-50(51-43)34-14-5-2-6-15-34)37-18-9-19-38(28-37)53-45-22-8-7-20-39(45)41-29-35(24-26-46(41)53)36-25-27-47-42(30-36)40-21-10-16-33-17-11-23-48(54-47)49(33)40/h1-31H. The average Bonchev–Trinajstić information content (AvgIpc) is 3.58. The van der Waals surface area contributed by atoms with Crippen molar-refractivity contribution < 1.29 is 0 Å². The van der Waals surface area contributed by atoms with Gasteiger partial charge in [-0.05, 0) is 82.2 Å². The van der Waals surface area contributed by atoms with Crippen molar-refractivity contribution in [1.82, 2.24) is 14.5 Å². The lowest BCUT2D eigenvalue weighted by molar-refractivity contribution is 1.16. The van der Waals surface area contributed by atoms with Gasteiger partial charge in [0.2, 0.25) is 0 Å². The number of fused-ring (bicyclic) bond motifs is 5. The number of nitrogens with zero attached hydrogens (tertiary/aromatic N) is 3. The number of benzene rings is 8. The van der Waals surface area contributed by atoms with Crippen LogP contribution in [0.25, 0.3) is 94.4 Å². The van der Waals surface area contributed by atoms with Crippen molar-refractivity contribution in [2.24, 2.45) is 0 Å². The maximum atomic E-state index is 5.13. The molecular weight excluding hydrogens is 675 g/mol. The summed E-state index contributed by atoms with van der Waals surface area (Å²) in [6.07, 6.45) is 0. The molecule has 11 rings (SSSR count). The average molecular weight is 706 g/mol. The zero-order chi connectivity index (χ0) is 35.6. The van der Waals surface area contributed by atoms with E-state index in [0.29, 0.717) is 5.82 Å². The second-order valence-corrected chi connectivity index (χ2v) is 14.9. The molecule has 3 heterocycles. The predicted octanol–water partition coefficient (Wildman–Crippen LogP) is 13.5. The Kier molecular flexibility index (Phi) is 7.10. The highest BCUT2D eigenvalue weighted by Gasteiger charge is 2.20. The van der Waals surface area contributed by atoms with Crippen LogP contribution < -0.4 is 0 Å². The summed E-state index contributed by atoms with van der Waals surface area (Å²) in [6, 6.07) is 67.3. The Bertz CT molecular complexity index is 3010. The van der Waals surface area contributed by atoms with Crippen LogP contribution in [-0.4, -0.2) is 14.5 Å². The van der Waals surface area contributed by atoms with Crippen LogP contribution in [0.5, 0.6) is 0 Å². The molecule has 54 heavy (non-hydrogen) atoms. The second kappa shape index (κ2) is 12.4. The van der Waals surface area contributed by atoms with Gasteiger partial charge in [0.1, 0.15) is 0 Å². The third-order valence-electron chi connectivity index (χ3n) is 10.6. The summed E-state index contributed by atoms with van der Waals surface area (Å²) in [7, 11) is 0. The number of hydrogen-bond donors (Lipinski definition) is 0. The normalized spacial score (nSPS) is 12.0. The van der Waals surface area contributed by atoms with Gasteiger partial charge >= 0.3 is 0 Å². The molecule has 0 radical (unpaired) electrons. The molecule has 0 saturated carbocycles. The molecule has 8 aromatic carbocycles. The van der Waals surface area contributed by atoms with Gasteiger partial charge in [-0.3, -0.25) is 0 Å². The van der Waals surface area contributed by atoms with Crippen molar-refractivity contribution in [3.05, 3.63) is 188 Å². The van der Waals surface area contributed by atoms with Gasteiger partial charge in [-0.2, -0.15) is 0 Å². The number of rotatable bonds is 5. The lowest BCUT2D eigenvalue weighted by Crippen LogP contribution is -1.97. The Morgan fingerprint density at radius 2 is 1.06 bits per heavy atom. The molecule has 0 bridgehead atoms. The molecule has 0 atom stereocenters. The summed E-state index contributed by atoms with van der Waals surface area (Å²) in [4.78, 5) is 12.8. The largest absolute Gasteiger partial charge is 0.309 e. The van der Waals surface area contributed by atoms with Crippen molar-refractivity contribution in [1.29, 1.82) is 0 Å². The Morgan fingerprint density at radius 3 is 1.91 bits per heavy atom. The molecule has 10 aromatic rings. The van der Waals surface area contributed by atoms with Gasteiger partial charge in [0.05, 0.1) is 22.4 Å². The van der Waals surface area contributed by atoms with E-state index < -0.39 is 0 Å². The van der Waals surface area contributed by atoms with E-state index in [1.165, 1.54) is 64.6 Å². The second-order valence-electron chi connectivity index (χ2n) is 13.8. The quantitative estimate of drug-likeness (QED) is 0.179. The maximum Gasteiger partial charge on any atom is 0.160 e. The lowest BCUT2D eigenvalue weighted by Gasteiger charge is -2.21.